The van der Waals surface area contributed by atoms with E-state index >= 15 is 0 Å². The van der Waals surface area contributed by atoms with Crippen LogP contribution in [-0.4, -0.2) is 38.9 Å². The molecular weight excluding hydrogens is 272 g/mol. The van der Waals surface area contributed by atoms with E-state index in [4.69, 9.17) is 0 Å². The van der Waals surface area contributed by atoms with E-state index < -0.39 is 10.0 Å². The Kier molecular flexibility index (Phi) is 4.83. The van der Waals surface area contributed by atoms with Crippen molar-refractivity contribution in [3.8, 4) is 0 Å². The largest absolute Gasteiger partial charge is 0.316 e. The van der Waals surface area contributed by atoms with Gasteiger partial charge in [0.2, 0.25) is 10.0 Å². The van der Waals surface area contributed by atoms with Gasteiger partial charge in [0.25, 0.3) is 0 Å². The SMILES string of the molecule is CCC(C)c1ccc(S(=O)(=O)N2CCC(NC)C2)cc1. The molecule has 1 aliphatic rings. The summed E-state index contributed by atoms with van der Waals surface area (Å²) in [5.41, 5.74) is 1.20. The second-order valence-corrected chi connectivity index (χ2v) is 7.45. The number of sulfonamides is 1. The highest BCUT2D eigenvalue weighted by molar-refractivity contribution is 7.89. The average molecular weight is 296 g/mol. The smallest absolute Gasteiger partial charge is 0.243 e. The molecule has 0 bridgehead atoms. The first-order chi connectivity index (χ1) is 9.48. The van der Waals surface area contributed by atoms with Crippen LogP contribution in [0.2, 0.25) is 0 Å². The molecule has 5 heteroatoms. The van der Waals surface area contributed by atoms with Crippen LogP contribution in [0.25, 0.3) is 0 Å². The maximum absolute atomic E-state index is 12.5. The lowest BCUT2D eigenvalue weighted by Gasteiger charge is -2.17. The topological polar surface area (TPSA) is 49.4 Å². The third kappa shape index (κ3) is 3.05. The lowest BCUT2D eigenvalue weighted by atomic mass is 9.99. The van der Waals surface area contributed by atoms with Crippen molar-refractivity contribution in [2.24, 2.45) is 0 Å². The highest BCUT2D eigenvalue weighted by Gasteiger charge is 2.31. The maximum atomic E-state index is 12.5. The van der Waals surface area contributed by atoms with Crippen LogP contribution < -0.4 is 5.32 Å². The second kappa shape index (κ2) is 6.24. The molecule has 1 aromatic rings. The van der Waals surface area contributed by atoms with Crippen LogP contribution in [0.3, 0.4) is 0 Å². The van der Waals surface area contributed by atoms with Gasteiger partial charge in [0, 0.05) is 19.1 Å². The summed E-state index contributed by atoms with van der Waals surface area (Å²) in [4.78, 5) is 0.404. The Bertz CT molecular complexity index is 539. The normalized spacial score (nSPS) is 22.1. The maximum Gasteiger partial charge on any atom is 0.243 e. The van der Waals surface area contributed by atoms with Crippen molar-refractivity contribution >= 4 is 10.0 Å². The third-order valence-electron chi connectivity index (χ3n) is 4.26. The van der Waals surface area contributed by atoms with Crippen molar-refractivity contribution < 1.29 is 8.42 Å². The highest BCUT2D eigenvalue weighted by Crippen LogP contribution is 2.24. The number of benzene rings is 1. The Balaban J connectivity index is 2.18. The quantitative estimate of drug-likeness (QED) is 0.906. The van der Waals surface area contributed by atoms with Crippen LogP contribution in [0.5, 0.6) is 0 Å². The van der Waals surface area contributed by atoms with Crippen LogP contribution in [0.1, 0.15) is 38.2 Å². The van der Waals surface area contributed by atoms with Gasteiger partial charge < -0.3 is 5.32 Å². The summed E-state index contributed by atoms with van der Waals surface area (Å²) in [5, 5.41) is 3.14. The van der Waals surface area contributed by atoms with Gasteiger partial charge in [0.05, 0.1) is 4.90 Å². The summed E-state index contributed by atoms with van der Waals surface area (Å²) in [7, 11) is -1.46. The van der Waals surface area contributed by atoms with Gasteiger partial charge in [-0.15, -0.1) is 0 Å². The molecule has 2 rings (SSSR count). The molecular formula is C15H24N2O2S. The van der Waals surface area contributed by atoms with Gasteiger partial charge in [0.1, 0.15) is 0 Å². The molecule has 1 aromatic carbocycles. The van der Waals surface area contributed by atoms with Gasteiger partial charge in [-0.05, 0) is 43.5 Å². The summed E-state index contributed by atoms with van der Waals surface area (Å²) in [6.07, 6.45) is 1.93. The van der Waals surface area contributed by atoms with Gasteiger partial charge in [-0.2, -0.15) is 4.31 Å². The summed E-state index contributed by atoms with van der Waals surface area (Å²) in [6.45, 7) is 5.45. The summed E-state index contributed by atoms with van der Waals surface area (Å²) in [6, 6.07) is 7.62. The molecule has 2 atom stereocenters. The van der Waals surface area contributed by atoms with Crippen LogP contribution in [0.4, 0.5) is 0 Å². The number of likely N-dealkylation sites (N-methyl/N-ethyl adjacent to an activating group) is 1. The minimum absolute atomic E-state index is 0.268. The van der Waals surface area contributed by atoms with Crippen molar-refractivity contribution in [2.45, 2.75) is 43.5 Å². The highest BCUT2D eigenvalue weighted by atomic mass is 32.2. The van der Waals surface area contributed by atoms with E-state index in [1.165, 1.54) is 5.56 Å². The molecule has 1 heterocycles. The molecule has 1 saturated heterocycles. The van der Waals surface area contributed by atoms with E-state index in [0.29, 0.717) is 23.9 Å². The fourth-order valence-corrected chi connectivity index (χ4v) is 4.04. The molecule has 1 fully saturated rings. The summed E-state index contributed by atoms with van der Waals surface area (Å²) < 4.78 is 26.7. The van der Waals surface area contributed by atoms with E-state index in [2.05, 4.69) is 19.2 Å². The molecule has 112 valence electrons. The minimum Gasteiger partial charge on any atom is -0.316 e. The fourth-order valence-electron chi connectivity index (χ4n) is 2.54. The van der Waals surface area contributed by atoms with E-state index in [1.807, 2.05) is 19.2 Å². The first-order valence-corrected chi connectivity index (χ1v) is 8.70. The number of hydrogen-bond donors (Lipinski definition) is 1. The van der Waals surface area contributed by atoms with Crippen LogP contribution in [0.15, 0.2) is 29.2 Å². The van der Waals surface area contributed by atoms with Crippen LogP contribution >= 0.6 is 0 Å². The molecule has 0 spiro atoms. The molecule has 0 radical (unpaired) electrons. The molecule has 4 nitrogen and oxygen atoms in total. The number of rotatable bonds is 5. The molecule has 0 saturated carbocycles. The predicted octanol–water partition coefficient (Wildman–Crippen LogP) is 2.18. The van der Waals surface area contributed by atoms with E-state index in [-0.39, 0.29) is 6.04 Å². The molecule has 1 aliphatic heterocycles. The first kappa shape index (κ1) is 15.5. The Labute approximate surface area is 122 Å². The minimum atomic E-state index is -3.34. The van der Waals surface area contributed by atoms with Gasteiger partial charge >= 0.3 is 0 Å². The Hall–Kier alpha value is -0.910. The molecule has 2 unspecified atom stereocenters. The van der Waals surface area contributed by atoms with E-state index in [1.54, 1.807) is 16.4 Å². The molecule has 1 N–H and O–H groups in total. The lowest BCUT2D eigenvalue weighted by molar-refractivity contribution is 0.464. The van der Waals surface area contributed by atoms with Crippen molar-refractivity contribution in [3.63, 3.8) is 0 Å². The number of nitrogens with zero attached hydrogens (tertiary/aromatic N) is 1. The average Bonchev–Trinajstić information content (AvgIpc) is 2.96. The van der Waals surface area contributed by atoms with E-state index in [0.717, 1.165) is 12.8 Å². The van der Waals surface area contributed by atoms with Crippen molar-refractivity contribution in [1.29, 1.82) is 0 Å². The van der Waals surface area contributed by atoms with Crippen molar-refractivity contribution in [1.82, 2.24) is 9.62 Å². The molecule has 0 amide bonds. The zero-order valence-electron chi connectivity index (χ0n) is 12.5. The summed E-state index contributed by atoms with van der Waals surface area (Å²) in [5.74, 6) is 0.465. The van der Waals surface area contributed by atoms with Gasteiger partial charge in [-0.1, -0.05) is 26.0 Å². The monoisotopic (exact) mass is 296 g/mol. The van der Waals surface area contributed by atoms with Crippen molar-refractivity contribution in [3.05, 3.63) is 29.8 Å². The standard InChI is InChI=1S/C15H24N2O2S/c1-4-12(2)13-5-7-15(8-6-13)20(18,19)17-10-9-14(11-17)16-3/h5-8,12,14,16H,4,9-11H2,1-3H3. The fraction of sp³-hybridized carbons (Fsp3) is 0.600. The molecule has 0 aromatic heterocycles. The van der Waals surface area contributed by atoms with Gasteiger partial charge in [-0.25, -0.2) is 8.42 Å². The van der Waals surface area contributed by atoms with Crippen LogP contribution in [-0.2, 0) is 10.0 Å². The number of hydrogen-bond acceptors (Lipinski definition) is 3. The van der Waals surface area contributed by atoms with Crippen LogP contribution in [0, 0.1) is 0 Å². The predicted molar refractivity (Wildman–Crippen MR) is 81.4 cm³/mol. The van der Waals surface area contributed by atoms with Gasteiger partial charge in [-0.3, -0.25) is 0 Å². The van der Waals surface area contributed by atoms with Crippen molar-refractivity contribution in [2.75, 3.05) is 20.1 Å². The lowest BCUT2D eigenvalue weighted by Crippen LogP contribution is -2.33. The molecule has 0 aliphatic carbocycles. The summed E-state index contributed by atoms with van der Waals surface area (Å²) >= 11 is 0. The second-order valence-electron chi connectivity index (χ2n) is 5.52. The van der Waals surface area contributed by atoms with Gasteiger partial charge in [0.15, 0.2) is 0 Å². The zero-order valence-corrected chi connectivity index (χ0v) is 13.3. The Morgan fingerprint density at radius 3 is 2.50 bits per heavy atom. The zero-order chi connectivity index (χ0) is 14.8. The number of nitrogens with one attached hydrogen (secondary N) is 1. The molecule has 20 heavy (non-hydrogen) atoms. The first-order valence-electron chi connectivity index (χ1n) is 7.26. The Morgan fingerprint density at radius 1 is 1.35 bits per heavy atom. The van der Waals surface area contributed by atoms with E-state index in [9.17, 15) is 8.42 Å². The Morgan fingerprint density at radius 2 is 2.00 bits per heavy atom. The third-order valence-corrected chi connectivity index (χ3v) is 6.14.